The van der Waals surface area contributed by atoms with Gasteiger partial charge in [0.25, 0.3) is 0 Å². The van der Waals surface area contributed by atoms with Crippen LogP contribution in [0.2, 0.25) is 5.02 Å². The number of anilines is 1. The first-order valence-electron chi connectivity index (χ1n) is 7.53. The number of halogens is 1. The van der Waals surface area contributed by atoms with Crippen LogP contribution in [0.1, 0.15) is 5.56 Å². The van der Waals surface area contributed by atoms with Crippen LogP contribution in [0.3, 0.4) is 0 Å². The molecule has 118 valence electrons. The number of nitrogen functional groups attached to an aromatic ring is 1. The molecule has 24 heavy (non-hydrogen) atoms. The largest absolute Gasteiger partial charge is 0.398 e. The summed E-state index contributed by atoms with van der Waals surface area (Å²) < 4.78 is 1.94. The van der Waals surface area contributed by atoms with Gasteiger partial charge in [-0.05, 0) is 48.9 Å². The van der Waals surface area contributed by atoms with E-state index in [1.54, 1.807) is 6.07 Å². The average molecular weight is 336 g/mol. The van der Waals surface area contributed by atoms with Crippen molar-refractivity contribution >= 4 is 28.3 Å². The average Bonchev–Trinajstić information content (AvgIpc) is 2.59. The van der Waals surface area contributed by atoms with Gasteiger partial charge in [0.1, 0.15) is 5.02 Å². The molecule has 0 bridgehead atoms. The molecule has 0 radical (unpaired) electrons. The molecule has 0 unspecified atom stereocenters. The number of nitrogens with two attached hydrogens (primary N) is 1. The maximum atomic E-state index is 12.1. The molecule has 2 N–H and O–H groups in total. The summed E-state index contributed by atoms with van der Waals surface area (Å²) in [6.45, 7) is 1.95. The lowest BCUT2D eigenvalue weighted by atomic mass is 10.1. The topological polar surface area (TPSA) is 60.9 Å². The van der Waals surface area contributed by atoms with Crippen LogP contribution >= 0.6 is 11.6 Å². The minimum Gasteiger partial charge on any atom is -0.398 e. The molecule has 2 aromatic rings. The van der Waals surface area contributed by atoms with Gasteiger partial charge in [0, 0.05) is 11.4 Å². The molecule has 1 heterocycles. The van der Waals surface area contributed by atoms with Crippen LogP contribution < -0.4 is 11.2 Å². The van der Waals surface area contributed by atoms with Crippen LogP contribution in [0.25, 0.3) is 28.1 Å². The van der Waals surface area contributed by atoms with E-state index >= 15 is 0 Å². The molecule has 0 saturated heterocycles. The van der Waals surface area contributed by atoms with Gasteiger partial charge in [-0.15, -0.1) is 0 Å². The summed E-state index contributed by atoms with van der Waals surface area (Å²) in [4.78, 5) is 16.7. The summed E-state index contributed by atoms with van der Waals surface area (Å²) >= 11 is 6.35. The zero-order valence-electron chi connectivity index (χ0n) is 13.0. The van der Waals surface area contributed by atoms with Crippen molar-refractivity contribution in [1.29, 1.82) is 0 Å². The second-order valence-electron chi connectivity index (χ2n) is 5.73. The van der Waals surface area contributed by atoms with Gasteiger partial charge < -0.3 is 10.3 Å². The first kappa shape index (κ1) is 14.7. The second kappa shape index (κ2) is 5.35. The molecule has 0 atom stereocenters. The van der Waals surface area contributed by atoms with Crippen molar-refractivity contribution in [3.05, 3.63) is 75.4 Å². The van der Waals surface area contributed by atoms with Crippen molar-refractivity contribution in [2.24, 2.45) is 0 Å². The van der Waals surface area contributed by atoms with E-state index in [9.17, 15) is 4.79 Å². The van der Waals surface area contributed by atoms with Crippen molar-refractivity contribution in [3.63, 3.8) is 0 Å². The predicted octanol–water partition coefficient (Wildman–Crippen LogP) is 4.03. The lowest BCUT2D eigenvalue weighted by molar-refractivity contribution is 1.08. The Hall–Kier alpha value is -2.85. The number of hydrogen-bond acceptors (Lipinski definition) is 3. The van der Waals surface area contributed by atoms with Gasteiger partial charge in [0.2, 0.25) is 0 Å². The fourth-order valence-corrected chi connectivity index (χ4v) is 3.14. The number of nitrogens with zero attached hydrogens (tertiary/aromatic N) is 2. The van der Waals surface area contributed by atoms with Crippen LogP contribution in [0.5, 0.6) is 0 Å². The quantitative estimate of drug-likeness (QED) is 0.422. The molecule has 0 aromatic heterocycles. The van der Waals surface area contributed by atoms with E-state index < -0.39 is 0 Å². The standard InChI is InChI=1S/C19H14ClN3O/c1-11-9-15-16(10-13(11)21)23(12-5-3-2-4-6-12)19-14(22-15)7-8-17(24)18(19)20/h2-10H,21H2,1H3. The van der Waals surface area contributed by atoms with Crippen molar-refractivity contribution in [2.75, 3.05) is 5.73 Å². The molecular formula is C19H14ClN3O. The SMILES string of the molecule is Cc1cc2nc3ccc(=O)c(Cl)c-3n(-c3ccccc3)c2cc1N. The zero-order chi connectivity index (χ0) is 16.8. The van der Waals surface area contributed by atoms with Crippen LogP contribution in [0.15, 0.2) is 59.4 Å². The third-order valence-corrected chi connectivity index (χ3v) is 4.51. The number of benzene rings is 3. The molecule has 0 amide bonds. The molecule has 2 aromatic carbocycles. The summed E-state index contributed by atoms with van der Waals surface area (Å²) in [6.07, 6.45) is 0. The van der Waals surface area contributed by atoms with Crippen molar-refractivity contribution in [1.82, 2.24) is 9.55 Å². The van der Waals surface area contributed by atoms with E-state index in [1.165, 1.54) is 6.07 Å². The molecule has 0 spiro atoms. The van der Waals surface area contributed by atoms with Crippen molar-refractivity contribution in [3.8, 4) is 17.1 Å². The van der Waals surface area contributed by atoms with Gasteiger partial charge in [-0.1, -0.05) is 29.8 Å². The highest BCUT2D eigenvalue weighted by Gasteiger charge is 2.19. The molecule has 5 heteroatoms. The minimum atomic E-state index is -0.227. The molecule has 4 nitrogen and oxygen atoms in total. The molecule has 2 aliphatic rings. The van der Waals surface area contributed by atoms with Gasteiger partial charge >= 0.3 is 0 Å². The summed E-state index contributed by atoms with van der Waals surface area (Å²) in [6, 6.07) is 16.7. The Morgan fingerprint density at radius 2 is 1.83 bits per heavy atom. The van der Waals surface area contributed by atoms with Crippen LogP contribution in [-0.4, -0.2) is 9.55 Å². The second-order valence-corrected chi connectivity index (χ2v) is 6.10. The molecule has 4 rings (SSSR count). The third kappa shape index (κ3) is 2.15. The normalized spacial score (nSPS) is 11.2. The van der Waals surface area contributed by atoms with Crippen molar-refractivity contribution < 1.29 is 0 Å². The lowest BCUT2D eigenvalue weighted by Gasteiger charge is -2.20. The summed E-state index contributed by atoms with van der Waals surface area (Å²) in [5.41, 5.74) is 11.3. The maximum Gasteiger partial charge on any atom is 0.199 e. The molecular weight excluding hydrogens is 322 g/mol. The Bertz CT molecular complexity index is 1100. The number of para-hydroxylation sites is 1. The van der Waals surface area contributed by atoms with E-state index in [0.717, 1.165) is 22.3 Å². The minimum absolute atomic E-state index is 0.157. The Morgan fingerprint density at radius 3 is 2.58 bits per heavy atom. The summed E-state index contributed by atoms with van der Waals surface area (Å²) in [5, 5.41) is 0.157. The summed E-state index contributed by atoms with van der Waals surface area (Å²) in [7, 11) is 0. The molecule has 0 fully saturated rings. The maximum absolute atomic E-state index is 12.1. The highest BCUT2D eigenvalue weighted by atomic mass is 35.5. The molecule has 1 aliphatic heterocycles. The fraction of sp³-hybridized carbons (Fsp3) is 0.0526. The first-order chi connectivity index (χ1) is 11.6. The van der Waals surface area contributed by atoms with E-state index in [1.807, 2.05) is 54.0 Å². The smallest absolute Gasteiger partial charge is 0.199 e. The Morgan fingerprint density at radius 1 is 1.08 bits per heavy atom. The highest BCUT2D eigenvalue weighted by molar-refractivity contribution is 6.33. The van der Waals surface area contributed by atoms with Gasteiger partial charge in [0.05, 0.1) is 22.4 Å². The Kier molecular flexibility index (Phi) is 3.28. The van der Waals surface area contributed by atoms with Crippen LogP contribution in [-0.2, 0) is 0 Å². The highest BCUT2D eigenvalue weighted by Crippen LogP contribution is 2.33. The van der Waals surface area contributed by atoms with Gasteiger partial charge in [-0.2, -0.15) is 0 Å². The number of hydrogen-bond donors (Lipinski definition) is 1. The monoisotopic (exact) mass is 335 g/mol. The van der Waals surface area contributed by atoms with E-state index in [0.29, 0.717) is 17.1 Å². The van der Waals surface area contributed by atoms with Gasteiger partial charge in [-0.25, -0.2) is 4.98 Å². The van der Waals surface area contributed by atoms with E-state index in [2.05, 4.69) is 4.98 Å². The van der Waals surface area contributed by atoms with Crippen LogP contribution in [0.4, 0.5) is 5.69 Å². The van der Waals surface area contributed by atoms with E-state index in [-0.39, 0.29) is 10.5 Å². The Labute approximate surface area is 143 Å². The third-order valence-electron chi connectivity index (χ3n) is 4.14. The fourth-order valence-electron chi connectivity index (χ4n) is 2.90. The number of rotatable bonds is 1. The van der Waals surface area contributed by atoms with Crippen molar-refractivity contribution in [2.45, 2.75) is 6.92 Å². The van der Waals surface area contributed by atoms with E-state index in [4.69, 9.17) is 17.3 Å². The first-order valence-corrected chi connectivity index (χ1v) is 7.90. The Balaban J connectivity index is 2.29. The summed E-state index contributed by atoms with van der Waals surface area (Å²) in [5.74, 6) is 0. The number of fused-ring (bicyclic) bond motifs is 2. The molecule has 0 saturated carbocycles. The molecule has 1 aliphatic carbocycles. The van der Waals surface area contributed by atoms with Gasteiger partial charge in [0.15, 0.2) is 5.43 Å². The lowest BCUT2D eigenvalue weighted by Crippen LogP contribution is -2.12. The number of aromatic nitrogens is 2. The van der Waals surface area contributed by atoms with Gasteiger partial charge in [-0.3, -0.25) is 4.79 Å². The zero-order valence-corrected chi connectivity index (χ0v) is 13.7. The number of aryl methyl sites for hydroxylation is 1. The predicted molar refractivity (Wildman–Crippen MR) is 98.1 cm³/mol. The van der Waals surface area contributed by atoms with Crippen LogP contribution in [0, 0.1) is 6.92 Å².